The number of carbonyl (C=O) groups excluding carboxylic acids is 2. The van der Waals surface area contributed by atoms with Gasteiger partial charge in [-0.1, -0.05) is 55.5 Å². The van der Waals surface area contributed by atoms with Crippen LogP contribution in [0.25, 0.3) is 0 Å². The first kappa shape index (κ1) is 25.2. The number of hydrogen-bond acceptors (Lipinski definition) is 6. The molecule has 2 aromatic carbocycles. The van der Waals surface area contributed by atoms with E-state index >= 15 is 0 Å². The van der Waals surface area contributed by atoms with E-state index in [1.165, 1.54) is 0 Å². The molecule has 0 saturated carbocycles. The lowest BCUT2D eigenvalue weighted by atomic mass is 9.91. The number of nitrogens with zero attached hydrogens (tertiary/aromatic N) is 1. The van der Waals surface area contributed by atoms with Crippen LogP contribution < -0.4 is 5.73 Å². The second-order valence-electron chi connectivity index (χ2n) is 9.40. The summed E-state index contributed by atoms with van der Waals surface area (Å²) in [5, 5.41) is 0. The van der Waals surface area contributed by atoms with Crippen molar-refractivity contribution in [2.45, 2.75) is 58.8 Å². The van der Waals surface area contributed by atoms with E-state index in [1.54, 1.807) is 39.2 Å². The van der Waals surface area contributed by atoms with Gasteiger partial charge in [0.2, 0.25) is 0 Å². The summed E-state index contributed by atoms with van der Waals surface area (Å²) in [6, 6.07) is 14.0. The van der Waals surface area contributed by atoms with E-state index in [9.17, 15) is 9.59 Å². The predicted octanol–water partition coefficient (Wildman–Crippen LogP) is 4.57. The van der Waals surface area contributed by atoms with Crippen molar-refractivity contribution in [2.75, 3.05) is 0 Å². The molecule has 3 N–H and O–H groups in total. The van der Waals surface area contributed by atoms with Gasteiger partial charge < -0.3 is 20.2 Å². The van der Waals surface area contributed by atoms with E-state index in [0.717, 1.165) is 22.4 Å². The van der Waals surface area contributed by atoms with Crippen molar-refractivity contribution in [3.05, 3.63) is 89.0 Å². The number of esters is 2. The predicted molar refractivity (Wildman–Crippen MR) is 130 cm³/mol. The minimum absolute atomic E-state index is 0.0204. The van der Waals surface area contributed by atoms with Gasteiger partial charge in [0.25, 0.3) is 0 Å². The number of aromatic nitrogens is 2. The van der Waals surface area contributed by atoms with E-state index in [2.05, 4.69) is 16.9 Å². The van der Waals surface area contributed by atoms with Crippen LogP contribution in [0.15, 0.2) is 61.1 Å². The van der Waals surface area contributed by atoms with Gasteiger partial charge in [0.1, 0.15) is 12.2 Å². The van der Waals surface area contributed by atoms with E-state index in [4.69, 9.17) is 15.2 Å². The van der Waals surface area contributed by atoms with Gasteiger partial charge in [-0.2, -0.15) is 0 Å². The number of imidazole rings is 1. The van der Waals surface area contributed by atoms with E-state index in [1.807, 2.05) is 49.5 Å². The molecule has 0 fully saturated rings. The summed E-state index contributed by atoms with van der Waals surface area (Å²) in [4.78, 5) is 33.4. The Morgan fingerprint density at radius 2 is 1.76 bits per heavy atom. The Morgan fingerprint density at radius 1 is 1.06 bits per heavy atom. The maximum absolute atomic E-state index is 13.2. The number of rotatable bonds is 8. The summed E-state index contributed by atoms with van der Waals surface area (Å²) in [5.41, 5.74) is 10.1. The summed E-state index contributed by atoms with van der Waals surface area (Å²) >= 11 is 0. The number of carbonyl (C=O) groups is 2. The first-order valence-electron chi connectivity index (χ1n) is 11.4. The van der Waals surface area contributed by atoms with Crippen LogP contribution in [0.5, 0.6) is 0 Å². The quantitative estimate of drug-likeness (QED) is 0.374. The standard InChI is InChI=1S/C27H33N3O4/c1-17-20(12-9-13-21(17)18(2)22-14-29-16-30-22)15-33-25(31)23(26(32)34-27(3,4)5)24(28)19-10-7-6-8-11-19/h6-14,16,18,23-24H,15,28H2,1-5H3,(H,29,30)/t18-,23?,24?/m0/s1. The van der Waals surface area contributed by atoms with Gasteiger partial charge in [-0.05, 0) is 49.9 Å². The largest absolute Gasteiger partial charge is 0.460 e. The topological polar surface area (TPSA) is 107 Å². The molecule has 0 bridgehead atoms. The highest BCUT2D eigenvalue weighted by Gasteiger charge is 2.38. The molecule has 0 saturated heterocycles. The summed E-state index contributed by atoms with van der Waals surface area (Å²) < 4.78 is 11.1. The molecule has 0 aliphatic heterocycles. The number of H-pyrrole nitrogens is 1. The minimum Gasteiger partial charge on any atom is -0.460 e. The van der Waals surface area contributed by atoms with Gasteiger partial charge in [-0.25, -0.2) is 4.98 Å². The average Bonchev–Trinajstić information content (AvgIpc) is 3.32. The number of aromatic amines is 1. The lowest BCUT2D eigenvalue weighted by Gasteiger charge is -2.26. The molecule has 34 heavy (non-hydrogen) atoms. The molecule has 0 aliphatic carbocycles. The molecule has 0 spiro atoms. The van der Waals surface area contributed by atoms with Crippen LogP contribution in [0.1, 0.15) is 67.6 Å². The van der Waals surface area contributed by atoms with Crippen LogP contribution in [-0.4, -0.2) is 27.5 Å². The number of benzene rings is 2. The monoisotopic (exact) mass is 463 g/mol. The van der Waals surface area contributed by atoms with Crippen LogP contribution >= 0.6 is 0 Å². The van der Waals surface area contributed by atoms with Crippen molar-refractivity contribution in [2.24, 2.45) is 11.7 Å². The first-order chi connectivity index (χ1) is 16.1. The third-order valence-corrected chi connectivity index (χ3v) is 5.75. The molecule has 1 aromatic heterocycles. The zero-order valence-corrected chi connectivity index (χ0v) is 20.4. The second-order valence-corrected chi connectivity index (χ2v) is 9.40. The number of ether oxygens (including phenoxy) is 2. The summed E-state index contributed by atoms with van der Waals surface area (Å²) in [6.07, 6.45) is 3.52. The third-order valence-electron chi connectivity index (χ3n) is 5.75. The second kappa shape index (κ2) is 10.7. The Hall–Kier alpha value is -3.45. The highest BCUT2D eigenvalue weighted by molar-refractivity contribution is 5.96. The smallest absolute Gasteiger partial charge is 0.322 e. The highest BCUT2D eigenvalue weighted by Crippen LogP contribution is 2.28. The Kier molecular flexibility index (Phi) is 7.89. The summed E-state index contributed by atoms with van der Waals surface area (Å²) in [6.45, 7) is 9.32. The Morgan fingerprint density at radius 3 is 2.38 bits per heavy atom. The van der Waals surface area contributed by atoms with Gasteiger partial charge in [0.15, 0.2) is 5.92 Å². The number of hydrogen-bond donors (Lipinski definition) is 2. The van der Waals surface area contributed by atoms with Crippen LogP contribution in [0.2, 0.25) is 0 Å². The van der Waals surface area contributed by atoms with Gasteiger partial charge >= 0.3 is 11.9 Å². The maximum Gasteiger partial charge on any atom is 0.322 e. The molecule has 0 radical (unpaired) electrons. The van der Waals surface area contributed by atoms with E-state index in [0.29, 0.717) is 5.56 Å². The van der Waals surface area contributed by atoms with Crippen LogP contribution in [0, 0.1) is 12.8 Å². The van der Waals surface area contributed by atoms with Crippen molar-refractivity contribution >= 4 is 11.9 Å². The molecule has 1 heterocycles. The van der Waals surface area contributed by atoms with E-state index in [-0.39, 0.29) is 12.5 Å². The fraction of sp³-hybridized carbons (Fsp3) is 0.370. The van der Waals surface area contributed by atoms with Crippen molar-refractivity contribution in [1.29, 1.82) is 0 Å². The third kappa shape index (κ3) is 6.11. The molecule has 3 aromatic rings. The number of nitrogens with one attached hydrogen (secondary N) is 1. The van der Waals surface area contributed by atoms with Crippen LogP contribution in [0.3, 0.4) is 0 Å². The summed E-state index contributed by atoms with van der Waals surface area (Å²) in [7, 11) is 0. The van der Waals surface area contributed by atoms with Crippen LogP contribution in [-0.2, 0) is 25.7 Å². The van der Waals surface area contributed by atoms with Crippen molar-refractivity contribution in [3.8, 4) is 0 Å². The molecular formula is C27H33N3O4. The van der Waals surface area contributed by atoms with Crippen molar-refractivity contribution in [3.63, 3.8) is 0 Å². The fourth-order valence-electron chi connectivity index (χ4n) is 3.86. The normalized spacial score (nSPS) is 14.2. The lowest BCUT2D eigenvalue weighted by Crippen LogP contribution is -2.40. The number of nitrogens with two attached hydrogens (primary N) is 1. The minimum atomic E-state index is -1.28. The van der Waals surface area contributed by atoms with Gasteiger partial charge in [-0.15, -0.1) is 0 Å². The lowest BCUT2D eigenvalue weighted by molar-refractivity contribution is -0.171. The fourth-order valence-corrected chi connectivity index (χ4v) is 3.86. The molecule has 2 unspecified atom stereocenters. The van der Waals surface area contributed by atoms with Gasteiger partial charge in [0.05, 0.1) is 18.1 Å². The molecule has 0 amide bonds. The van der Waals surface area contributed by atoms with Crippen molar-refractivity contribution in [1.82, 2.24) is 9.97 Å². The molecule has 3 atom stereocenters. The Balaban J connectivity index is 1.80. The molecule has 7 heteroatoms. The molecule has 7 nitrogen and oxygen atoms in total. The molecule has 0 aliphatic rings. The Labute approximate surface area is 200 Å². The van der Waals surface area contributed by atoms with Gasteiger partial charge in [0, 0.05) is 12.1 Å². The highest BCUT2D eigenvalue weighted by atomic mass is 16.6. The SMILES string of the molecule is Cc1c(COC(=O)C(C(=O)OC(C)(C)C)C(N)c2ccccc2)cccc1[C@H](C)c1c[nH]cn1. The zero-order valence-electron chi connectivity index (χ0n) is 20.4. The van der Waals surface area contributed by atoms with Gasteiger partial charge in [-0.3, -0.25) is 9.59 Å². The molecule has 3 rings (SSSR count). The molecular weight excluding hydrogens is 430 g/mol. The maximum atomic E-state index is 13.2. The van der Waals surface area contributed by atoms with Crippen molar-refractivity contribution < 1.29 is 19.1 Å². The molecule has 180 valence electrons. The summed E-state index contributed by atoms with van der Waals surface area (Å²) in [5.74, 6) is -2.63. The zero-order chi connectivity index (χ0) is 24.9. The van der Waals surface area contributed by atoms with Crippen LogP contribution in [0.4, 0.5) is 0 Å². The average molecular weight is 464 g/mol. The van der Waals surface area contributed by atoms with E-state index < -0.39 is 29.5 Å². The first-order valence-corrected chi connectivity index (χ1v) is 11.4. The Bertz CT molecular complexity index is 1100.